The molecule has 108 valence electrons. The van der Waals surface area contributed by atoms with Crippen molar-refractivity contribution in [3.05, 3.63) is 42.2 Å². The Morgan fingerprint density at radius 1 is 1.14 bits per heavy atom. The molecule has 0 aliphatic rings. The third kappa shape index (κ3) is 4.46. The number of rotatable bonds is 7. The van der Waals surface area contributed by atoms with E-state index in [9.17, 15) is 0 Å². The van der Waals surface area contributed by atoms with Gasteiger partial charge in [0.05, 0.1) is 11.3 Å². The number of aromatic nitrogens is 2. The Bertz CT molecular complexity index is 618. The van der Waals surface area contributed by atoms with Crippen LogP contribution in [0.15, 0.2) is 36.7 Å². The van der Waals surface area contributed by atoms with E-state index in [0.717, 1.165) is 24.5 Å². The molecule has 0 fully saturated rings. The number of anilines is 3. The van der Waals surface area contributed by atoms with E-state index in [1.165, 1.54) is 19.2 Å². The van der Waals surface area contributed by atoms with E-state index in [-0.39, 0.29) is 0 Å². The monoisotopic (exact) mass is 281 g/mol. The Hall–Kier alpha value is -2.61. The molecule has 5 heteroatoms. The average Bonchev–Trinajstić information content (AvgIpc) is 2.52. The molecule has 1 heterocycles. The van der Waals surface area contributed by atoms with Gasteiger partial charge in [-0.1, -0.05) is 31.9 Å². The maximum atomic E-state index is 9.08. The molecule has 1 aromatic heterocycles. The summed E-state index contributed by atoms with van der Waals surface area (Å²) < 4.78 is 0. The highest BCUT2D eigenvalue weighted by Crippen LogP contribution is 2.19. The van der Waals surface area contributed by atoms with E-state index in [0.29, 0.717) is 11.4 Å². The van der Waals surface area contributed by atoms with E-state index < -0.39 is 0 Å². The molecular formula is C16H19N5. The fourth-order valence-corrected chi connectivity index (χ4v) is 1.94. The third-order valence-corrected chi connectivity index (χ3v) is 3.06. The highest BCUT2D eigenvalue weighted by molar-refractivity contribution is 5.65. The topological polar surface area (TPSA) is 73.6 Å². The maximum absolute atomic E-state index is 9.08. The van der Waals surface area contributed by atoms with Crippen molar-refractivity contribution in [2.24, 2.45) is 0 Å². The molecule has 5 nitrogen and oxygen atoms in total. The Kier molecular flexibility index (Phi) is 5.53. The summed E-state index contributed by atoms with van der Waals surface area (Å²) >= 11 is 0. The van der Waals surface area contributed by atoms with Crippen LogP contribution >= 0.6 is 0 Å². The van der Waals surface area contributed by atoms with Crippen molar-refractivity contribution in [2.75, 3.05) is 17.2 Å². The van der Waals surface area contributed by atoms with Crippen molar-refractivity contribution >= 4 is 17.3 Å². The zero-order valence-corrected chi connectivity index (χ0v) is 12.1. The average molecular weight is 281 g/mol. The lowest BCUT2D eigenvalue weighted by molar-refractivity contribution is 0.742. The van der Waals surface area contributed by atoms with E-state index in [4.69, 9.17) is 5.26 Å². The predicted molar refractivity (Wildman–Crippen MR) is 84.5 cm³/mol. The van der Waals surface area contributed by atoms with Gasteiger partial charge in [-0.25, -0.2) is 9.97 Å². The number of para-hydroxylation sites is 1. The molecule has 0 bridgehead atoms. The normalized spacial score (nSPS) is 9.90. The highest BCUT2D eigenvalue weighted by atomic mass is 15.1. The van der Waals surface area contributed by atoms with Crippen LogP contribution in [0, 0.1) is 11.3 Å². The molecule has 2 N–H and O–H groups in total. The predicted octanol–water partition coefficient (Wildman–Crippen LogP) is 3.69. The number of nitrogens with zero attached hydrogens (tertiary/aromatic N) is 3. The van der Waals surface area contributed by atoms with E-state index in [1.807, 2.05) is 24.3 Å². The van der Waals surface area contributed by atoms with Crippen LogP contribution in [0.2, 0.25) is 0 Å². The Balaban J connectivity index is 2.02. The van der Waals surface area contributed by atoms with E-state index >= 15 is 0 Å². The minimum absolute atomic E-state index is 0.591. The standard InChI is InChI=1S/C16H19N5/c1-2-3-6-9-18-15-10-16(20-12-19-15)21-14-8-5-4-7-13(14)11-17/h4-5,7-8,10,12H,2-3,6,9H2,1H3,(H2,18,19,20,21). The van der Waals surface area contributed by atoms with Crippen LogP contribution in [-0.4, -0.2) is 16.5 Å². The lowest BCUT2D eigenvalue weighted by atomic mass is 10.2. The number of nitriles is 1. The molecule has 21 heavy (non-hydrogen) atoms. The van der Waals surface area contributed by atoms with Crippen molar-refractivity contribution < 1.29 is 0 Å². The summed E-state index contributed by atoms with van der Waals surface area (Å²) in [7, 11) is 0. The molecule has 0 atom stereocenters. The fourth-order valence-electron chi connectivity index (χ4n) is 1.94. The summed E-state index contributed by atoms with van der Waals surface area (Å²) in [6.45, 7) is 3.08. The molecule has 0 unspecified atom stereocenters. The van der Waals surface area contributed by atoms with Crippen LogP contribution in [0.25, 0.3) is 0 Å². The second-order valence-electron chi connectivity index (χ2n) is 4.70. The zero-order chi connectivity index (χ0) is 14.9. The van der Waals surface area contributed by atoms with E-state index in [1.54, 1.807) is 6.07 Å². The van der Waals surface area contributed by atoms with Crippen LogP contribution in [0.4, 0.5) is 17.3 Å². The van der Waals surface area contributed by atoms with Crippen LogP contribution < -0.4 is 10.6 Å². The van der Waals surface area contributed by atoms with Gasteiger partial charge in [0.25, 0.3) is 0 Å². The van der Waals surface area contributed by atoms with Crippen molar-refractivity contribution in [3.8, 4) is 6.07 Å². The Morgan fingerprint density at radius 3 is 2.76 bits per heavy atom. The first-order valence-electron chi connectivity index (χ1n) is 7.15. The lowest BCUT2D eigenvalue weighted by Gasteiger charge is -2.09. The second-order valence-corrected chi connectivity index (χ2v) is 4.70. The lowest BCUT2D eigenvalue weighted by Crippen LogP contribution is -2.04. The second kappa shape index (κ2) is 7.85. The SMILES string of the molecule is CCCCCNc1cc(Nc2ccccc2C#N)ncn1. The summed E-state index contributed by atoms with van der Waals surface area (Å²) in [4.78, 5) is 8.38. The van der Waals surface area contributed by atoms with Gasteiger partial charge in [0, 0.05) is 12.6 Å². The first kappa shape index (κ1) is 14.8. The smallest absolute Gasteiger partial charge is 0.135 e. The van der Waals surface area contributed by atoms with Gasteiger partial charge in [0.1, 0.15) is 24.0 Å². The van der Waals surface area contributed by atoms with Gasteiger partial charge < -0.3 is 10.6 Å². The van der Waals surface area contributed by atoms with Gasteiger partial charge in [-0.3, -0.25) is 0 Å². The molecule has 0 spiro atoms. The fraction of sp³-hybridized carbons (Fsp3) is 0.312. The summed E-state index contributed by atoms with van der Waals surface area (Å²) in [5.74, 6) is 1.46. The molecule has 0 saturated carbocycles. The minimum atomic E-state index is 0.591. The quantitative estimate of drug-likeness (QED) is 0.757. The summed E-state index contributed by atoms with van der Waals surface area (Å²) in [6, 6.07) is 11.4. The van der Waals surface area contributed by atoms with Crippen molar-refractivity contribution in [2.45, 2.75) is 26.2 Å². The van der Waals surface area contributed by atoms with Crippen molar-refractivity contribution in [3.63, 3.8) is 0 Å². The molecule has 2 rings (SSSR count). The Labute approximate surface area is 125 Å². The van der Waals surface area contributed by atoms with Crippen LogP contribution in [0.5, 0.6) is 0 Å². The first-order valence-corrected chi connectivity index (χ1v) is 7.15. The molecule has 0 aliphatic carbocycles. The van der Waals surface area contributed by atoms with Crippen LogP contribution in [0.3, 0.4) is 0 Å². The molecule has 2 aromatic rings. The largest absolute Gasteiger partial charge is 0.370 e. The number of hydrogen-bond donors (Lipinski definition) is 2. The van der Waals surface area contributed by atoms with Gasteiger partial charge in [-0.2, -0.15) is 5.26 Å². The molecule has 1 aromatic carbocycles. The third-order valence-electron chi connectivity index (χ3n) is 3.06. The number of hydrogen-bond acceptors (Lipinski definition) is 5. The number of nitrogens with one attached hydrogen (secondary N) is 2. The van der Waals surface area contributed by atoms with Crippen LogP contribution in [-0.2, 0) is 0 Å². The minimum Gasteiger partial charge on any atom is -0.370 e. The summed E-state index contributed by atoms with van der Waals surface area (Å²) in [5, 5.41) is 15.5. The number of benzene rings is 1. The van der Waals surface area contributed by atoms with Gasteiger partial charge in [0.2, 0.25) is 0 Å². The van der Waals surface area contributed by atoms with Gasteiger partial charge in [-0.15, -0.1) is 0 Å². The molecule has 0 amide bonds. The molecular weight excluding hydrogens is 262 g/mol. The Morgan fingerprint density at radius 2 is 1.95 bits per heavy atom. The molecule has 0 aliphatic heterocycles. The zero-order valence-electron chi connectivity index (χ0n) is 12.1. The van der Waals surface area contributed by atoms with Gasteiger partial charge in [-0.05, 0) is 18.6 Å². The summed E-state index contributed by atoms with van der Waals surface area (Å²) in [6.07, 6.45) is 5.04. The molecule has 0 radical (unpaired) electrons. The summed E-state index contributed by atoms with van der Waals surface area (Å²) in [5.41, 5.74) is 1.34. The van der Waals surface area contributed by atoms with Crippen molar-refractivity contribution in [1.82, 2.24) is 9.97 Å². The first-order chi connectivity index (χ1) is 10.3. The number of unbranched alkanes of at least 4 members (excludes halogenated alkanes) is 2. The van der Waals surface area contributed by atoms with Gasteiger partial charge >= 0.3 is 0 Å². The maximum Gasteiger partial charge on any atom is 0.135 e. The molecule has 0 saturated heterocycles. The van der Waals surface area contributed by atoms with E-state index in [2.05, 4.69) is 33.6 Å². The van der Waals surface area contributed by atoms with Gasteiger partial charge in [0.15, 0.2) is 0 Å². The highest BCUT2D eigenvalue weighted by Gasteiger charge is 2.03. The van der Waals surface area contributed by atoms with Crippen LogP contribution in [0.1, 0.15) is 31.7 Å². The van der Waals surface area contributed by atoms with Crippen molar-refractivity contribution in [1.29, 1.82) is 5.26 Å².